The molecule has 1 aromatic heterocycles. The maximum atomic E-state index is 13.1. The van der Waals surface area contributed by atoms with Gasteiger partial charge in [-0.05, 0) is 54.8 Å². The maximum Gasteiger partial charge on any atom is 0.279 e. The number of thiophene rings is 1. The van der Waals surface area contributed by atoms with E-state index in [9.17, 15) is 18.8 Å². The summed E-state index contributed by atoms with van der Waals surface area (Å²) in [4.78, 5) is 40.5. The number of rotatable bonds is 4. The fourth-order valence-corrected chi connectivity index (χ4v) is 4.43. The van der Waals surface area contributed by atoms with E-state index in [0.717, 1.165) is 16.9 Å². The van der Waals surface area contributed by atoms with Crippen LogP contribution in [0.5, 0.6) is 0 Å². The van der Waals surface area contributed by atoms with E-state index in [0.29, 0.717) is 23.4 Å². The van der Waals surface area contributed by atoms with Gasteiger partial charge in [-0.1, -0.05) is 30.3 Å². The predicted octanol–water partition coefficient (Wildman–Crippen LogP) is 3.62. The van der Waals surface area contributed by atoms with Gasteiger partial charge in [0.15, 0.2) is 0 Å². The third kappa shape index (κ3) is 4.64. The Labute approximate surface area is 182 Å². The standard InChI is InChI=1S/C23H20FN3O3S/c24-17-10-8-15(9-11-17)19-12-13-20(31-19)22(29)26-25-21(28)18-7-4-14-27(18)23(30)16-5-2-1-3-6-16/h1-3,5-6,8-13,18H,4,7,14H2,(H,25,28)(H,26,29)/t18-/m1/s1. The molecule has 1 saturated heterocycles. The van der Waals surface area contributed by atoms with Gasteiger partial charge in [-0.3, -0.25) is 25.2 Å². The number of carbonyl (C=O) groups excluding carboxylic acids is 3. The SMILES string of the molecule is O=C(NNC(=O)[C@H]1CCCN1C(=O)c1ccccc1)c1ccc(-c2ccc(F)cc2)s1. The van der Waals surface area contributed by atoms with Crippen LogP contribution in [0, 0.1) is 5.82 Å². The Hall–Kier alpha value is -3.52. The van der Waals surface area contributed by atoms with Crippen molar-refractivity contribution >= 4 is 29.1 Å². The molecule has 2 aromatic carbocycles. The third-order valence-electron chi connectivity index (χ3n) is 5.09. The van der Waals surface area contributed by atoms with Crippen LogP contribution >= 0.6 is 11.3 Å². The summed E-state index contributed by atoms with van der Waals surface area (Å²) < 4.78 is 13.1. The first-order valence-corrected chi connectivity index (χ1v) is 10.7. The summed E-state index contributed by atoms with van der Waals surface area (Å²) >= 11 is 1.24. The second kappa shape index (κ2) is 9.09. The summed E-state index contributed by atoms with van der Waals surface area (Å²) in [6.07, 6.45) is 1.25. The largest absolute Gasteiger partial charge is 0.327 e. The van der Waals surface area contributed by atoms with Gasteiger partial charge < -0.3 is 4.90 Å². The molecule has 0 unspecified atom stereocenters. The number of likely N-dealkylation sites (tertiary alicyclic amines) is 1. The quantitative estimate of drug-likeness (QED) is 0.612. The molecule has 0 aliphatic carbocycles. The zero-order valence-electron chi connectivity index (χ0n) is 16.5. The molecular formula is C23H20FN3O3S. The van der Waals surface area contributed by atoms with Gasteiger partial charge in [-0.25, -0.2) is 4.39 Å². The summed E-state index contributed by atoms with van der Waals surface area (Å²) in [5, 5.41) is 0. The van der Waals surface area contributed by atoms with Crippen LogP contribution in [0.15, 0.2) is 66.7 Å². The molecule has 1 fully saturated rings. The number of nitrogens with one attached hydrogen (secondary N) is 2. The first kappa shape index (κ1) is 20.7. The highest BCUT2D eigenvalue weighted by atomic mass is 32.1. The Morgan fingerprint density at radius 2 is 1.68 bits per heavy atom. The predicted molar refractivity (Wildman–Crippen MR) is 116 cm³/mol. The molecule has 2 heterocycles. The van der Waals surface area contributed by atoms with E-state index in [1.165, 1.54) is 28.4 Å². The molecule has 1 aliphatic rings. The Bertz CT molecular complexity index is 1100. The van der Waals surface area contributed by atoms with Gasteiger partial charge in [-0.2, -0.15) is 0 Å². The molecule has 0 spiro atoms. The maximum absolute atomic E-state index is 13.1. The van der Waals surface area contributed by atoms with Crippen molar-refractivity contribution in [2.75, 3.05) is 6.54 Å². The monoisotopic (exact) mass is 437 g/mol. The second-order valence-electron chi connectivity index (χ2n) is 7.14. The lowest BCUT2D eigenvalue weighted by Gasteiger charge is -2.24. The van der Waals surface area contributed by atoms with E-state index < -0.39 is 17.9 Å². The summed E-state index contributed by atoms with van der Waals surface area (Å²) in [7, 11) is 0. The highest BCUT2D eigenvalue weighted by Crippen LogP contribution is 2.28. The molecule has 0 radical (unpaired) electrons. The average Bonchev–Trinajstić information content (AvgIpc) is 3.48. The first-order valence-electron chi connectivity index (χ1n) is 9.85. The lowest BCUT2D eigenvalue weighted by Crippen LogP contribution is -2.51. The molecule has 3 aromatic rings. The average molecular weight is 437 g/mol. The zero-order valence-corrected chi connectivity index (χ0v) is 17.3. The number of hydrazine groups is 1. The van der Waals surface area contributed by atoms with Crippen LogP contribution in [-0.2, 0) is 4.79 Å². The van der Waals surface area contributed by atoms with Crippen molar-refractivity contribution in [3.8, 4) is 10.4 Å². The van der Waals surface area contributed by atoms with E-state index in [-0.39, 0.29) is 11.7 Å². The van der Waals surface area contributed by atoms with Gasteiger partial charge in [0.05, 0.1) is 4.88 Å². The van der Waals surface area contributed by atoms with E-state index in [4.69, 9.17) is 0 Å². The van der Waals surface area contributed by atoms with Gasteiger partial charge in [0.2, 0.25) is 0 Å². The van der Waals surface area contributed by atoms with Crippen molar-refractivity contribution in [3.63, 3.8) is 0 Å². The molecular weight excluding hydrogens is 417 g/mol. The minimum atomic E-state index is -0.633. The van der Waals surface area contributed by atoms with E-state index >= 15 is 0 Å². The first-order chi connectivity index (χ1) is 15.0. The minimum Gasteiger partial charge on any atom is -0.327 e. The van der Waals surface area contributed by atoms with E-state index in [2.05, 4.69) is 10.9 Å². The Morgan fingerprint density at radius 3 is 2.42 bits per heavy atom. The summed E-state index contributed by atoms with van der Waals surface area (Å²) in [5.41, 5.74) is 6.19. The van der Waals surface area contributed by atoms with Gasteiger partial charge >= 0.3 is 0 Å². The molecule has 158 valence electrons. The molecule has 4 rings (SSSR count). The lowest BCUT2D eigenvalue weighted by atomic mass is 10.1. The van der Waals surface area contributed by atoms with Crippen LogP contribution in [0.3, 0.4) is 0 Å². The van der Waals surface area contributed by atoms with E-state index in [1.807, 2.05) is 6.07 Å². The second-order valence-corrected chi connectivity index (χ2v) is 8.22. The van der Waals surface area contributed by atoms with Crippen LogP contribution in [0.25, 0.3) is 10.4 Å². The molecule has 1 aliphatic heterocycles. The highest BCUT2D eigenvalue weighted by Gasteiger charge is 2.34. The molecule has 3 amide bonds. The van der Waals surface area contributed by atoms with Crippen molar-refractivity contribution in [2.24, 2.45) is 0 Å². The summed E-state index contributed by atoms with van der Waals surface area (Å²) in [6.45, 7) is 0.492. The van der Waals surface area contributed by atoms with Gasteiger partial charge in [-0.15, -0.1) is 11.3 Å². The van der Waals surface area contributed by atoms with Crippen LogP contribution in [0.1, 0.15) is 32.9 Å². The number of amides is 3. The van der Waals surface area contributed by atoms with Gasteiger partial charge in [0.1, 0.15) is 11.9 Å². The zero-order chi connectivity index (χ0) is 21.8. The van der Waals surface area contributed by atoms with Crippen molar-refractivity contribution in [2.45, 2.75) is 18.9 Å². The third-order valence-corrected chi connectivity index (χ3v) is 6.23. The number of nitrogens with zero attached hydrogens (tertiary/aromatic N) is 1. The smallest absolute Gasteiger partial charge is 0.279 e. The Balaban J connectivity index is 1.36. The normalized spacial score (nSPS) is 15.5. The lowest BCUT2D eigenvalue weighted by molar-refractivity contribution is -0.125. The number of halogens is 1. The molecule has 6 nitrogen and oxygen atoms in total. The molecule has 0 bridgehead atoms. The summed E-state index contributed by atoms with van der Waals surface area (Å²) in [5.74, 6) is -1.41. The topological polar surface area (TPSA) is 78.5 Å². The van der Waals surface area contributed by atoms with Crippen LogP contribution in [0.4, 0.5) is 4.39 Å². The number of hydrogen-bond acceptors (Lipinski definition) is 4. The fraction of sp³-hybridized carbons (Fsp3) is 0.174. The van der Waals surface area contributed by atoms with Crippen molar-refractivity contribution < 1.29 is 18.8 Å². The van der Waals surface area contributed by atoms with Crippen molar-refractivity contribution in [1.82, 2.24) is 15.8 Å². The van der Waals surface area contributed by atoms with E-state index in [1.54, 1.807) is 48.5 Å². The van der Waals surface area contributed by atoms with Crippen molar-refractivity contribution in [3.05, 3.63) is 83.0 Å². The molecule has 0 saturated carbocycles. The number of carbonyl (C=O) groups is 3. The number of benzene rings is 2. The summed E-state index contributed by atoms with van der Waals surface area (Å²) in [6, 6.07) is 17.6. The van der Waals surface area contributed by atoms with Gasteiger partial charge in [0.25, 0.3) is 17.7 Å². The van der Waals surface area contributed by atoms with Crippen LogP contribution in [0.2, 0.25) is 0 Å². The molecule has 8 heteroatoms. The highest BCUT2D eigenvalue weighted by molar-refractivity contribution is 7.17. The molecule has 31 heavy (non-hydrogen) atoms. The minimum absolute atomic E-state index is 0.202. The van der Waals surface area contributed by atoms with Crippen molar-refractivity contribution in [1.29, 1.82) is 0 Å². The van der Waals surface area contributed by atoms with Crippen LogP contribution < -0.4 is 10.9 Å². The molecule has 1 atom stereocenters. The number of hydrogen-bond donors (Lipinski definition) is 2. The van der Waals surface area contributed by atoms with Gasteiger partial charge in [0, 0.05) is 17.0 Å². The Morgan fingerprint density at radius 1 is 0.935 bits per heavy atom. The van der Waals surface area contributed by atoms with Crippen LogP contribution in [-0.4, -0.2) is 35.2 Å². The Kier molecular flexibility index (Phi) is 6.08. The fourth-order valence-electron chi connectivity index (χ4n) is 3.52. The molecule has 2 N–H and O–H groups in total.